The lowest BCUT2D eigenvalue weighted by molar-refractivity contribution is -0.137. The molecule has 0 amide bonds. The minimum absolute atomic E-state index is 0.0116. The van der Waals surface area contributed by atoms with Crippen molar-refractivity contribution in [2.24, 2.45) is 0 Å². The van der Waals surface area contributed by atoms with Crippen LogP contribution < -0.4 is 9.80 Å². The Morgan fingerprint density at radius 3 is 2.38 bits per heavy atom. The van der Waals surface area contributed by atoms with E-state index in [2.05, 4.69) is 36.4 Å². The molecule has 0 N–H and O–H groups in total. The highest BCUT2D eigenvalue weighted by Crippen LogP contribution is 2.57. The largest absolute Gasteiger partial charge is 0.417 e. The van der Waals surface area contributed by atoms with E-state index in [-0.39, 0.29) is 17.6 Å². The molecule has 1 unspecified atom stereocenters. The van der Waals surface area contributed by atoms with E-state index in [1.54, 1.807) is 0 Å². The van der Waals surface area contributed by atoms with E-state index in [9.17, 15) is 13.2 Å². The molecule has 3 heterocycles. The number of halogens is 3. The molecule has 1 atom stereocenters. The molecule has 6 heteroatoms. The SMILES string of the molecule is C=C1C2N(c3ccccc3C1(CC)CC)c1ncc(C(F)(F)F)cc1N2C(C)C. The molecule has 1 aromatic heterocycles. The zero-order valence-corrected chi connectivity index (χ0v) is 17.2. The van der Waals surface area contributed by atoms with E-state index in [0.29, 0.717) is 11.5 Å². The highest BCUT2D eigenvalue weighted by Gasteiger charge is 2.52. The second kappa shape index (κ2) is 6.51. The maximum atomic E-state index is 13.4. The normalized spacial score (nSPS) is 20.0. The van der Waals surface area contributed by atoms with Crippen LogP contribution >= 0.6 is 0 Å². The number of para-hydroxylation sites is 1. The van der Waals surface area contributed by atoms with E-state index >= 15 is 0 Å². The first-order valence-electron chi connectivity index (χ1n) is 10.1. The number of aromatic nitrogens is 1. The molecule has 2 aromatic rings. The Balaban J connectivity index is 2.01. The summed E-state index contributed by atoms with van der Waals surface area (Å²) in [5.41, 5.74) is 2.76. The van der Waals surface area contributed by atoms with Gasteiger partial charge in [-0.3, -0.25) is 4.90 Å². The molecule has 4 rings (SSSR count). The number of alkyl halides is 3. The maximum absolute atomic E-state index is 13.4. The first-order chi connectivity index (χ1) is 13.7. The standard InChI is InChI=1S/C23H26F3N3/c1-6-22(7-2)15(5)21-28(14(3)4)19-12-16(23(24,25)26)13-27-20(19)29(21)18-11-9-8-10-17(18)22/h8-14,21H,5-7H2,1-4H3. The number of fused-ring (bicyclic) bond motifs is 5. The molecular weight excluding hydrogens is 375 g/mol. The van der Waals surface area contributed by atoms with Gasteiger partial charge in [0.1, 0.15) is 6.17 Å². The Bertz CT molecular complexity index is 960. The number of pyridine rings is 1. The Labute approximate surface area is 169 Å². The van der Waals surface area contributed by atoms with Gasteiger partial charge in [0, 0.05) is 23.3 Å². The molecule has 154 valence electrons. The van der Waals surface area contributed by atoms with Crippen molar-refractivity contribution < 1.29 is 13.2 Å². The van der Waals surface area contributed by atoms with Gasteiger partial charge in [-0.1, -0.05) is 38.6 Å². The molecule has 1 aromatic carbocycles. The van der Waals surface area contributed by atoms with Gasteiger partial charge in [-0.25, -0.2) is 4.98 Å². The zero-order chi connectivity index (χ0) is 21.1. The molecule has 0 saturated heterocycles. The fourth-order valence-electron chi connectivity index (χ4n) is 5.07. The second-order valence-electron chi connectivity index (χ2n) is 8.14. The summed E-state index contributed by atoms with van der Waals surface area (Å²) >= 11 is 0. The molecular formula is C23H26F3N3. The zero-order valence-electron chi connectivity index (χ0n) is 17.2. The lowest BCUT2D eigenvalue weighted by Gasteiger charge is -2.50. The van der Waals surface area contributed by atoms with Gasteiger partial charge < -0.3 is 4.90 Å². The third-order valence-electron chi connectivity index (χ3n) is 6.56. The molecule has 0 fully saturated rings. The fraction of sp³-hybridized carbons (Fsp3) is 0.435. The van der Waals surface area contributed by atoms with Crippen molar-refractivity contribution in [2.45, 2.75) is 64.3 Å². The summed E-state index contributed by atoms with van der Waals surface area (Å²) in [5, 5.41) is 0. The lowest BCUT2D eigenvalue weighted by atomic mass is 9.66. The Morgan fingerprint density at radius 1 is 1.14 bits per heavy atom. The van der Waals surface area contributed by atoms with Crippen molar-refractivity contribution >= 4 is 17.2 Å². The van der Waals surface area contributed by atoms with Crippen molar-refractivity contribution in [2.75, 3.05) is 9.80 Å². The van der Waals surface area contributed by atoms with Crippen LogP contribution in [0.25, 0.3) is 0 Å². The number of rotatable bonds is 3. The van der Waals surface area contributed by atoms with E-state index in [4.69, 9.17) is 0 Å². The van der Waals surface area contributed by atoms with Gasteiger partial charge in [0.25, 0.3) is 0 Å². The first kappa shape index (κ1) is 19.8. The molecule has 3 nitrogen and oxygen atoms in total. The summed E-state index contributed by atoms with van der Waals surface area (Å²) < 4.78 is 40.2. The van der Waals surface area contributed by atoms with Crippen LogP contribution in [-0.2, 0) is 11.6 Å². The molecule has 0 saturated carbocycles. The summed E-state index contributed by atoms with van der Waals surface area (Å²) in [7, 11) is 0. The summed E-state index contributed by atoms with van der Waals surface area (Å²) in [6.45, 7) is 12.8. The van der Waals surface area contributed by atoms with Crippen molar-refractivity contribution in [3.8, 4) is 0 Å². The van der Waals surface area contributed by atoms with Crippen LogP contribution in [0.1, 0.15) is 51.7 Å². The topological polar surface area (TPSA) is 19.4 Å². The van der Waals surface area contributed by atoms with Crippen LogP contribution in [0.5, 0.6) is 0 Å². The van der Waals surface area contributed by atoms with Crippen molar-refractivity contribution in [1.29, 1.82) is 0 Å². The number of nitrogens with zero attached hydrogens (tertiary/aromatic N) is 3. The van der Waals surface area contributed by atoms with Gasteiger partial charge in [0.15, 0.2) is 5.82 Å². The number of benzene rings is 1. The van der Waals surface area contributed by atoms with Crippen LogP contribution in [0.2, 0.25) is 0 Å². The van der Waals surface area contributed by atoms with Crippen molar-refractivity contribution in [3.63, 3.8) is 0 Å². The Kier molecular flexibility index (Phi) is 4.44. The van der Waals surface area contributed by atoms with Gasteiger partial charge >= 0.3 is 6.18 Å². The highest BCUT2D eigenvalue weighted by atomic mass is 19.4. The second-order valence-corrected chi connectivity index (χ2v) is 8.14. The van der Waals surface area contributed by atoms with E-state index < -0.39 is 11.7 Å². The number of anilines is 3. The average Bonchev–Trinajstić information content (AvgIpc) is 3.03. The minimum Gasteiger partial charge on any atom is -0.342 e. The van der Waals surface area contributed by atoms with E-state index in [1.807, 2.05) is 36.9 Å². The van der Waals surface area contributed by atoms with Gasteiger partial charge in [-0.05, 0) is 50.0 Å². The summed E-state index contributed by atoms with van der Waals surface area (Å²) in [5.74, 6) is 0.561. The quantitative estimate of drug-likeness (QED) is 0.553. The molecule has 0 aliphatic carbocycles. The van der Waals surface area contributed by atoms with Crippen molar-refractivity contribution in [3.05, 3.63) is 59.8 Å². The van der Waals surface area contributed by atoms with Crippen LogP contribution in [0.15, 0.2) is 48.7 Å². The van der Waals surface area contributed by atoms with Crippen LogP contribution in [-0.4, -0.2) is 17.2 Å². The predicted octanol–water partition coefficient (Wildman–Crippen LogP) is 6.42. The van der Waals surface area contributed by atoms with Gasteiger partial charge in [-0.15, -0.1) is 0 Å². The molecule has 0 radical (unpaired) electrons. The summed E-state index contributed by atoms with van der Waals surface area (Å²) in [6.07, 6.45) is -1.98. The van der Waals surface area contributed by atoms with Crippen LogP contribution in [0, 0.1) is 0 Å². The number of hydrogen-bond acceptors (Lipinski definition) is 3. The van der Waals surface area contributed by atoms with E-state index in [0.717, 1.165) is 30.3 Å². The fourth-order valence-corrected chi connectivity index (χ4v) is 5.07. The van der Waals surface area contributed by atoms with Gasteiger partial charge in [0.2, 0.25) is 0 Å². The highest BCUT2D eigenvalue weighted by molar-refractivity contribution is 5.87. The molecule has 29 heavy (non-hydrogen) atoms. The lowest BCUT2D eigenvalue weighted by Crippen LogP contribution is -2.53. The van der Waals surface area contributed by atoms with Crippen LogP contribution in [0.4, 0.5) is 30.4 Å². The van der Waals surface area contributed by atoms with Gasteiger partial charge in [0.05, 0.1) is 11.3 Å². The number of hydrogen-bond donors (Lipinski definition) is 0. The van der Waals surface area contributed by atoms with E-state index in [1.165, 1.54) is 11.6 Å². The third-order valence-corrected chi connectivity index (χ3v) is 6.56. The minimum atomic E-state index is -4.43. The van der Waals surface area contributed by atoms with Gasteiger partial charge in [-0.2, -0.15) is 13.2 Å². The summed E-state index contributed by atoms with van der Waals surface area (Å²) in [6, 6.07) is 9.37. The average molecular weight is 401 g/mol. The van der Waals surface area contributed by atoms with Crippen molar-refractivity contribution in [1.82, 2.24) is 4.98 Å². The molecule has 2 aliphatic rings. The maximum Gasteiger partial charge on any atom is 0.417 e. The third kappa shape index (κ3) is 2.61. The first-order valence-corrected chi connectivity index (χ1v) is 10.1. The molecule has 0 bridgehead atoms. The Morgan fingerprint density at radius 2 is 1.79 bits per heavy atom. The predicted molar refractivity (Wildman–Crippen MR) is 111 cm³/mol. The monoisotopic (exact) mass is 401 g/mol. The smallest absolute Gasteiger partial charge is 0.342 e. The molecule has 0 spiro atoms. The molecule has 2 aliphatic heterocycles. The van der Waals surface area contributed by atoms with Crippen LogP contribution in [0.3, 0.4) is 0 Å². The summed E-state index contributed by atoms with van der Waals surface area (Å²) in [4.78, 5) is 8.40. The Hall–Kier alpha value is -2.50.